The van der Waals surface area contributed by atoms with Gasteiger partial charge >= 0.3 is 0 Å². The van der Waals surface area contributed by atoms with Crippen molar-refractivity contribution in [2.24, 2.45) is 5.90 Å². The smallest absolute Gasteiger partial charge is 0.156 e. The van der Waals surface area contributed by atoms with Gasteiger partial charge in [-0.2, -0.15) is 5.90 Å². The quantitative estimate of drug-likeness (QED) is 0.556. The molecule has 2 heteroatoms. The summed E-state index contributed by atoms with van der Waals surface area (Å²) in [5.41, 5.74) is 3.93. The largest absolute Gasteiger partial charge is 0.411 e. The summed E-state index contributed by atoms with van der Waals surface area (Å²) in [5, 5.41) is 0. The minimum atomic E-state index is -0.189. The Bertz CT molecular complexity index is 565. The zero-order valence-electron chi connectivity index (χ0n) is 14.6. The van der Waals surface area contributed by atoms with Gasteiger partial charge in [0.25, 0.3) is 0 Å². The van der Waals surface area contributed by atoms with Crippen LogP contribution in [0.4, 0.5) is 0 Å². The van der Waals surface area contributed by atoms with Crippen molar-refractivity contribution >= 4 is 6.08 Å². The number of hydrogen-bond donors (Lipinski definition) is 1. The van der Waals surface area contributed by atoms with Crippen LogP contribution in [0.15, 0.2) is 55.7 Å². The fourth-order valence-electron chi connectivity index (χ4n) is 2.30. The van der Waals surface area contributed by atoms with E-state index in [2.05, 4.69) is 39.7 Å². The topological polar surface area (TPSA) is 35.2 Å². The van der Waals surface area contributed by atoms with Crippen LogP contribution in [-0.4, -0.2) is 0 Å². The summed E-state index contributed by atoms with van der Waals surface area (Å²) in [6, 6.07) is 4.12. The van der Waals surface area contributed by atoms with Gasteiger partial charge in [0.15, 0.2) is 5.75 Å². The molecule has 2 N–H and O–H groups in total. The second-order valence-electron chi connectivity index (χ2n) is 5.22. The second kappa shape index (κ2) is 9.06. The molecule has 0 aliphatic heterocycles. The van der Waals surface area contributed by atoms with E-state index in [0.29, 0.717) is 5.75 Å². The lowest BCUT2D eigenvalue weighted by Crippen LogP contribution is -2.20. The maximum absolute atomic E-state index is 5.33. The Kier molecular flexibility index (Phi) is 8.21. The highest BCUT2D eigenvalue weighted by Gasteiger charge is 2.25. The molecule has 1 rings (SSSR count). The Balaban J connectivity index is 0.00000211. The fourth-order valence-corrected chi connectivity index (χ4v) is 2.30. The van der Waals surface area contributed by atoms with E-state index in [1.54, 1.807) is 12.2 Å². The lowest BCUT2D eigenvalue weighted by Gasteiger charge is -2.28. The molecular weight excluding hydrogens is 270 g/mol. The Hall–Kier alpha value is -2.06. The second-order valence-corrected chi connectivity index (χ2v) is 5.22. The lowest BCUT2D eigenvalue weighted by molar-refractivity contribution is 0.331. The van der Waals surface area contributed by atoms with Crippen molar-refractivity contribution in [1.82, 2.24) is 0 Å². The van der Waals surface area contributed by atoms with Crippen LogP contribution in [0.2, 0.25) is 0 Å². The van der Waals surface area contributed by atoms with Gasteiger partial charge in [0.1, 0.15) is 0 Å². The zero-order valence-corrected chi connectivity index (χ0v) is 14.6. The molecule has 0 radical (unpaired) electrons. The average Bonchev–Trinajstić information content (AvgIpc) is 2.53. The summed E-state index contributed by atoms with van der Waals surface area (Å²) in [6.07, 6.45) is 7.36. The van der Waals surface area contributed by atoms with Crippen molar-refractivity contribution < 1.29 is 4.84 Å². The highest BCUT2D eigenvalue weighted by atomic mass is 16.6. The normalized spacial score (nSPS) is 11.1. The number of rotatable bonds is 6. The van der Waals surface area contributed by atoms with Gasteiger partial charge in [-0.05, 0) is 29.7 Å². The van der Waals surface area contributed by atoms with E-state index in [-0.39, 0.29) is 5.41 Å². The van der Waals surface area contributed by atoms with E-state index in [0.717, 1.165) is 22.3 Å². The molecule has 120 valence electrons. The van der Waals surface area contributed by atoms with Crippen molar-refractivity contribution in [3.63, 3.8) is 0 Å². The Labute approximate surface area is 135 Å². The van der Waals surface area contributed by atoms with Crippen molar-refractivity contribution in [1.29, 1.82) is 0 Å². The Morgan fingerprint density at radius 3 is 2.18 bits per heavy atom. The van der Waals surface area contributed by atoms with Crippen LogP contribution in [0.3, 0.4) is 0 Å². The molecule has 0 aliphatic rings. The molecule has 2 nitrogen and oxygen atoms in total. The molecule has 0 atom stereocenters. The van der Waals surface area contributed by atoms with Crippen LogP contribution in [0, 0.1) is 6.92 Å². The van der Waals surface area contributed by atoms with E-state index in [1.807, 2.05) is 39.0 Å². The molecule has 0 amide bonds. The van der Waals surface area contributed by atoms with Gasteiger partial charge in [0.05, 0.1) is 0 Å². The highest BCUT2D eigenvalue weighted by Crippen LogP contribution is 2.36. The first kappa shape index (κ1) is 19.9. The molecule has 1 aromatic rings. The van der Waals surface area contributed by atoms with Crippen molar-refractivity contribution in [3.8, 4) is 5.75 Å². The number of benzene rings is 1. The van der Waals surface area contributed by atoms with Gasteiger partial charge < -0.3 is 4.84 Å². The standard InChI is InChI=1S/C18H23NO.C2H6/c1-7-10-15(9-3)18(5,6)16-11-13(4)17(20-19)14(8-2)12-16;1-2/h7-12H,1-3,19H2,4-6H3;1-2H3/b15-10+;. The Morgan fingerprint density at radius 2 is 1.77 bits per heavy atom. The maximum atomic E-state index is 5.33. The van der Waals surface area contributed by atoms with Crippen LogP contribution >= 0.6 is 0 Å². The predicted octanol–water partition coefficient (Wildman–Crippen LogP) is 5.49. The molecule has 0 saturated carbocycles. The first-order valence-corrected chi connectivity index (χ1v) is 7.52. The lowest BCUT2D eigenvalue weighted by atomic mass is 9.76. The SMILES string of the molecule is C=C/C=C(\C=C)C(C)(C)c1cc(C)c(ON)c(C=C)c1.CC. The molecule has 0 saturated heterocycles. The molecule has 1 aromatic carbocycles. The minimum absolute atomic E-state index is 0.189. The minimum Gasteiger partial charge on any atom is -0.411 e. The molecule has 0 spiro atoms. The number of aryl methyl sites for hydroxylation is 1. The molecule has 22 heavy (non-hydrogen) atoms. The molecule has 0 unspecified atom stereocenters. The Morgan fingerprint density at radius 1 is 1.18 bits per heavy atom. The summed E-state index contributed by atoms with van der Waals surface area (Å²) in [6.45, 7) is 21.7. The van der Waals surface area contributed by atoms with Crippen LogP contribution < -0.4 is 10.7 Å². The zero-order chi connectivity index (χ0) is 17.3. The first-order valence-electron chi connectivity index (χ1n) is 7.52. The van der Waals surface area contributed by atoms with E-state index in [1.165, 1.54) is 0 Å². The number of allylic oxidation sites excluding steroid dienone is 4. The summed E-state index contributed by atoms with van der Waals surface area (Å²) in [7, 11) is 0. The molecule has 0 heterocycles. The molecule has 0 aromatic heterocycles. The average molecular weight is 299 g/mol. The van der Waals surface area contributed by atoms with Gasteiger partial charge in [-0.15, -0.1) is 0 Å². The van der Waals surface area contributed by atoms with Gasteiger partial charge in [-0.1, -0.05) is 77.8 Å². The van der Waals surface area contributed by atoms with Gasteiger partial charge in [-0.25, -0.2) is 0 Å². The maximum Gasteiger partial charge on any atom is 0.156 e. The van der Waals surface area contributed by atoms with Crippen molar-refractivity contribution in [2.75, 3.05) is 0 Å². The van der Waals surface area contributed by atoms with Crippen LogP contribution in [0.5, 0.6) is 5.75 Å². The van der Waals surface area contributed by atoms with E-state index in [4.69, 9.17) is 10.7 Å². The third kappa shape index (κ3) is 4.22. The van der Waals surface area contributed by atoms with Crippen LogP contribution in [0.1, 0.15) is 44.4 Å². The molecule has 0 aliphatic carbocycles. The summed E-state index contributed by atoms with van der Waals surface area (Å²) >= 11 is 0. The highest BCUT2D eigenvalue weighted by molar-refractivity contribution is 5.61. The predicted molar refractivity (Wildman–Crippen MR) is 98.9 cm³/mol. The number of hydrogen-bond acceptors (Lipinski definition) is 2. The van der Waals surface area contributed by atoms with E-state index in [9.17, 15) is 0 Å². The molecular formula is C20H29NO. The fraction of sp³-hybridized carbons (Fsp3) is 0.300. The monoisotopic (exact) mass is 299 g/mol. The van der Waals surface area contributed by atoms with Crippen molar-refractivity contribution in [2.45, 2.75) is 40.0 Å². The van der Waals surface area contributed by atoms with Gasteiger partial charge in [0.2, 0.25) is 0 Å². The van der Waals surface area contributed by atoms with E-state index >= 15 is 0 Å². The first-order chi connectivity index (χ1) is 10.4. The third-order valence-corrected chi connectivity index (χ3v) is 3.60. The van der Waals surface area contributed by atoms with Crippen LogP contribution in [0.25, 0.3) is 6.08 Å². The third-order valence-electron chi connectivity index (χ3n) is 3.60. The van der Waals surface area contributed by atoms with E-state index < -0.39 is 0 Å². The summed E-state index contributed by atoms with van der Waals surface area (Å²) in [4.78, 5) is 4.95. The molecule has 0 fully saturated rings. The molecule has 0 bridgehead atoms. The number of nitrogens with two attached hydrogens (primary N) is 1. The van der Waals surface area contributed by atoms with Gasteiger partial charge in [-0.3, -0.25) is 0 Å². The summed E-state index contributed by atoms with van der Waals surface area (Å²) < 4.78 is 0. The van der Waals surface area contributed by atoms with Crippen LogP contribution in [-0.2, 0) is 5.41 Å². The van der Waals surface area contributed by atoms with Crippen molar-refractivity contribution in [3.05, 3.63) is 72.4 Å². The summed E-state index contributed by atoms with van der Waals surface area (Å²) in [5.74, 6) is 5.99. The van der Waals surface area contributed by atoms with Gasteiger partial charge in [0, 0.05) is 11.0 Å².